The van der Waals surface area contributed by atoms with E-state index < -0.39 is 12.0 Å². The summed E-state index contributed by atoms with van der Waals surface area (Å²) in [5.74, 6) is -1.17. The molecule has 1 N–H and O–H groups in total. The standard InChI is InChI=1S/C14H21N3O3/c1-14(2,3)17-9-10(8-15-17)12(18)16-7-5-4-6-11(16)13(19)20/h8-9,11H,4-7H2,1-3H3,(H,19,20)/t11-/m1/s1. The van der Waals surface area contributed by atoms with Gasteiger partial charge in [-0.1, -0.05) is 0 Å². The summed E-state index contributed by atoms with van der Waals surface area (Å²) in [5.41, 5.74) is 0.250. The van der Waals surface area contributed by atoms with Gasteiger partial charge >= 0.3 is 5.97 Å². The summed E-state index contributed by atoms with van der Waals surface area (Å²) in [6, 6.07) is -0.714. The summed E-state index contributed by atoms with van der Waals surface area (Å²) in [5, 5.41) is 13.4. The van der Waals surface area contributed by atoms with E-state index in [1.807, 2.05) is 20.8 Å². The number of nitrogens with zero attached hydrogens (tertiary/aromatic N) is 3. The minimum absolute atomic E-state index is 0.202. The summed E-state index contributed by atoms with van der Waals surface area (Å²) in [4.78, 5) is 25.2. The van der Waals surface area contributed by atoms with E-state index in [4.69, 9.17) is 0 Å². The highest BCUT2D eigenvalue weighted by molar-refractivity contribution is 5.96. The molecule has 20 heavy (non-hydrogen) atoms. The lowest BCUT2D eigenvalue weighted by Crippen LogP contribution is -2.47. The number of piperidine rings is 1. The van der Waals surface area contributed by atoms with Crippen LogP contribution >= 0.6 is 0 Å². The molecule has 6 heteroatoms. The average molecular weight is 279 g/mol. The van der Waals surface area contributed by atoms with Crippen LogP contribution in [-0.2, 0) is 10.3 Å². The van der Waals surface area contributed by atoms with Crippen molar-refractivity contribution in [2.24, 2.45) is 0 Å². The molecule has 0 radical (unpaired) electrons. The maximum Gasteiger partial charge on any atom is 0.326 e. The monoisotopic (exact) mass is 279 g/mol. The highest BCUT2D eigenvalue weighted by Crippen LogP contribution is 2.21. The lowest BCUT2D eigenvalue weighted by Gasteiger charge is -2.32. The number of aromatic nitrogens is 2. The number of amides is 1. The van der Waals surface area contributed by atoms with Gasteiger partial charge in [0.25, 0.3) is 5.91 Å². The van der Waals surface area contributed by atoms with Crippen LogP contribution in [0.2, 0.25) is 0 Å². The highest BCUT2D eigenvalue weighted by Gasteiger charge is 2.33. The molecule has 0 aliphatic carbocycles. The fraction of sp³-hybridized carbons (Fsp3) is 0.643. The van der Waals surface area contributed by atoms with Gasteiger partial charge in [-0.2, -0.15) is 5.10 Å². The third-order valence-electron chi connectivity index (χ3n) is 3.57. The molecule has 1 aliphatic rings. The molecule has 0 unspecified atom stereocenters. The van der Waals surface area contributed by atoms with Gasteiger partial charge in [0.15, 0.2) is 0 Å². The van der Waals surface area contributed by atoms with Crippen molar-refractivity contribution < 1.29 is 14.7 Å². The second-order valence-electron chi connectivity index (χ2n) is 6.19. The number of aliphatic carboxylic acids is 1. The molecule has 2 heterocycles. The van der Waals surface area contributed by atoms with Crippen molar-refractivity contribution in [3.63, 3.8) is 0 Å². The van der Waals surface area contributed by atoms with Crippen molar-refractivity contribution in [2.45, 2.75) is 51.6 Å². The predicted molar refractivity (Wildman–Crippen MR) is 73.5 cm³/mol. The first-order valence-electron chi connectivity index (χ1n) is 6.89. The highest BCUT2D eigenvalue weighted by atomic mass is 16.4. The summed E-state index contributed by atoms with van der Waals surface area (Å²) in [7, 11) is 0. The molecule has 110 valence electrons. The zero-order chi connectivity index (χ0) is 14.9. The first-order chi connectivity index (χ1) is 9.30. The van der Waals surface area contributed by atoms with Crippen LogP contribution < -0.4 is 0 Å². The van der Waals surface area contributed by atoms with Gasteiger partial charge in [-0.3, -0.25) is 9.48 Å². The Labute approximate surface area is 118 Å². The van der Waals surface area contributed by atoms with Crippen LogP contribution in [-0.4, -0.2) is 44.3 Å². The summed E-state index contributed by atoms with van der Waals surface area (Å²) < 4.78 is 1.72. The van der Waals surface area contributed by atoms with Crippen molar-refractivity contribution in [2.75, 3.05) is 6.54 Å². The second kappa shape index (κ2) is 5.26. The number of carboxylic acids is 1. The van der Waals surface area contributed by atoms with Crippen molar-refractivity contribution in [1.29, 1.82) is 0 Å². The van der Waals surface area contributed by atoms with Crippen LogP contribution in [0.3, 0.4) is 0 Å². The average Bonchev–Trinajstić information content (AvgIpc) is 2.87. The van der Waals surface area contributed by atoms with Crippen LogP contribution in [0.15, 0.2) is 12.4 Å². The minimum atomic E-state index is -0.929. The molecule has 0 spiro atoms. The Hall–Kier alpha value is -1.85. The van der Waals surface area contributed by atoms with Crippen molar-refractivity contribution >= 4 is 11.9 Å². The first kappa shape index (κ1) is 14.6. The van der Waals surface area contributed by atoms with Gasteiger partial charge in [0.2, 0.25) is 0 Å². The molecule has 1 aromatic rings. The number of hydrogen-bond donors (Lipinski definition) is 1. The van der Waals surface area contributed by atoms with Crippen LogP contribution in [0.25, 0.3) is 0 Å². The largest absolute Gasteiger partial charge is 0.480 e. The molecule has 0 aromatic carbocycles. The molecular formula is C14H21N3O3. The molecule has 2 rings (SSSR count). The van der Waals surface area contributed by atoms with E-state index in [9.17, 15) is 14.7 Å². The summed E-state index contributed by atoms with van der Waals surface area (Å²) in [6.07, 6.45) is 5.43. The number of hydrogen-bond acceptors (Lipinski definition) is 3. The normalized spacial score (nSPS) is 19.9. The van der Waals surface area contributed by atoms with E-state index in [1.165, 1.54) is 11.1 Å². The zero-order valence-electron chi connectivity index (χ0n) is 12.2. The van der Waals surface area contributed by atoms with Gasteiger partial charge in [-0.25, -0.2) is 4.79 Å². The van der Waals surface area contributed by atoms with Gasteiger partial charge < -0.3 is 10.0 Å². The Morgan fingerprint density at radius 3 is 2.60 bits per heavy atom. The summed E-state index contributed by atoms with van der Waals surface area (Å²) >= 11 is 0. The SMILES string of the molecule is CC(C)(C)n1cc(C(=O)N2CCCC[C@@H]2C(=O)O)cn1. The molecule has 1 amide bonds. The number of carbonyl (C=O) groups excluding carboxylic acids is 1. The zero-order valence-corrected chi connectivity index (χ0v) is 12.2. The Balaban J connectivity index is 2.21. The quantitative estimate of drug-likeness (QED) is 0.894. The molecule has 1 saturated heterocycles. The molecule has 0 bridgehead atoms. The van der Waals surface area contributed by atoms with E-state index in [1.54, 1.807) is 10.9 Å². The molecule has 1 atom stereocenters. The third kappa shape index (κ3) is 2.84. The van der Waals surface area contributed by atoms with Gasteiger partial charge in [0.05, 0.1) is 17.3 Å². The van der Waals surface area contributed by atoms with Crippen molar-refractivity contribution in [3.05, 3.63) is 18.0 Å². The van der Waals surface area contributed by atoms with E-state index >= 15 is 0 Å². The van der Waals surface area contributed by atoms with Gasteiger partial charge in [0.1, 0.15) is 6.04 Å². The minimum Gasteiger partial charge on any atom is -0.480 e. The van der Waals surface area contributed by atoms with Crippen molar-refractivity contribution in [1.82, 2.24) is 14.7 Å². The van der Waals surface area contributed by atoms with Gasteiger partial charge in [-0.15, -0.1) is 0 Å². The lowest BCUT2D eigenvalue weighted by atomic mass is 10.0. The molecule has 0 saturated carbocycles. The molecule has 1 aromatic heterocycles. The second-order valence-corrected chi connectivity index (χ2v) is 6.19. The number of carbonyl (C=O) groups is 2. The van der Waals surface area contributed by atoms with Crippen LogP contribution in [0.1, 0.15) is 50.4 Å². The van der Waals surface area contributed by atoms with Crippen LogP contribution in [0.5, 0.6) is 0 Å². The Kier molecular flexibility index (Phi) is 3.83. The predicted octanol–water partition coefficient (Wildman–Crippen LogP) is 1.72. The molecule has 1 aliphatic heterocycles. The van der Waals surface area contributed by atoms with E-state index in [-0.39, 0.29) is 11.4 Å². The summed E-state index contributed by atoms with van der Waals surface area (Å²) in [6.45, 7) is 6.48. The number of likely N-dealkylation sites (tertiary alicyclic amines) is 1. The lowest BCUT2D eigenvalue weighted by molar-refractivity contribution is -0.143. The fourth-order valence-electron chi connectivity index (χ4n) is 2.40. The molecule has 1 fully saturated rings. The maximum atomic E-state index is 12.5. The molecular weight excluding hydrogens is 258 g/mol. The van der Waals surface area contributed by atoms with E-state index in [0.717, 1.165) is 12.8 Å². The molecule has 6 nitrogen and oxygen atoms in total. The third-order valence-corrected chi connectivity index (χ3v) is 3.57. The maximum absolute atomic E-state index is 12.5. The van der Waals surface area contributed by atoms with E-state index in [2.05, 4.69) is 5.10 Å². The van der Waals surface area contributed by atoms with Crippen molar-refractivity contribution in [3.8, 4) is 0 Å². The van der Waals surface area contributed by atoms with Gasteiger partial charge in [0, 0.05) is 12.7 Å². The number of carboxylic acid groups (broad SMARTS) is 1. The Morgan fingerprint density at radius 2 is 2.05 bits per heavy atom. The van der Waals surface area contributed by atoms with Crippen LogP contribution in [0, 0.1) is 0 Å². The first-order valence-corrected chi connectivity index (χ1v) is 6.89. The van der Waals surface area contributed by atoms with E-state index in [0.29, 0.717) is 18.5 Å². The fourth-order valence-corrected chi connectivity index (χ4v) is 2.40. The number of rotatable bonds is 2. The smallest absolute Gasteiger partial charge is 0.326 e. The Morgan fingerprint density at radius 1 is 1.35 bits per heavy atom. The Bertz CT molecular complexity index is 516. The van der Waals surface area contributed by atoms with Crippen LogP contribution in [0.4, 0.5) is 0 Å². The van der Waals surface area contributed by atoms with Gasteiger partial charge in [-0.05, 0) is 40.0 Å². The topological polar surface area (TPSA) is 75.4 Å².